The van der Waals surface area contributed by atoms with E-state index in [1.807, 2.05) is 6.92 Å². The molecule has 0 saturated heterocycles. The van der Waals surface area contributed by atoms with Gasteiger partial charge in [0.05, 0.1) is 11.3 Å². The minimum Gasteiger partial charge on any atom is -0.423 e. The number of ketones is 1. The number of aryl methyl sites for hydroxylation is 1. The molecule has 1 aromatic carbocycles. The number of anilines is 1. The standard InChI is InChI=1S/C13H10BrN3O3/c1-2-10-15-16-11(20-10)6-17-9-5-7(14)3-4-8(9)12(18)13(17)19/h3-5H,2,6H2,1H3. The Hall–Kier alpha value is -2.02. The van der Waals surface area contributed by atoms with Gasteiger partial charge in [0.1, 0.15) is 6.54 Å². The van der Waals surface area contributed by atoms with Crippen LogP contribution in [0.2, 0.25) is 0 Å². The Morgan fingerprint density at radius 2 is 2.00 bits per heavy atom. The molecule has 0 atom stereocenters. The van der Waals surface area contributed by atoms with Crippen LogP contribution in [0.15, 0.2) is 27.1 Å². The topological polar surface area (TPSA) is 76.3 Å². The highest BCUT2D eigenvalue weighted by Crippen LogP contribution is 2.32. The first kappa shape index (κ1) is 13.0. The van der Waals surface area contributed by atoms with Gasteiger partial charge in [-0.2, -0.15) is 0 Å². The van der Waals surface area contributed by atoms with Gasteiger partial charge in [0.25, 0.3) is 11.7 Å². The summed E-state index contributed by atoms with van der Waals surface area (Å²) in [4.78, 5) is 25.3. The third kappa shape index (κ3) is 2.03. The van der Waals surface area contributed by atoms with Gasteiger partial charge in [-0.1, -0.05) is 22.9 Å². The summed E-state index contributed by atoms with van der Waals surface area (Å²) >= 11 is 3.33. The number of aromatic nitrogens is 2. The number of Topliss-reactive ketones (excluding diaryl/α,β-unsaturated/α-hetero) is 1. The van der Waals surface area contributed by atoms with E-state index in [-0.39, 0.29) is 6.54 Å². The molecule has 0 saturated carbocycles. The number of fused-ring (bicyclic) bond motifs is 1. The van der Waals surface area contributed by atoms with Crippen LogP contribution in [-0.2, 0) is 17.8 Å². The van der Waals surface area contributed by atoms with Gasteiger partial charge in [0.15, 0.2) is 0 Å². The monoisotopic (exact) mass is 335 g/mol. The maximum Gasteiger partial charge on any atom is 0.299 e. The van der Waals surface area contributed by atoms with Crippen LogP contribution in [-0.4, -0.2) is 21.9 Å². The molecular formula is C13H10BrN3O3. The molecule has 1 aliphatic rings. The fraction of sp³-hybridized carbons (Fsp3) is 0.231. The summed E-state index contributed by atoms with van der Waals surface area (Å²) in [6, 6.07) is 5.09. The Morgan fingerprint density at radius 3 is 2.70 bits per heavy atom. The molecule has 2 heterocycles. The van der Waals surface area contributed by atoms with E-state index < -0.39 is 11.7 Å². The van der Waals surface area contributed by atoms with E-state index >= 15 is 0 Å². The number of amides is 1. The van der Waals surface area contributed by atoms with Gasteiger partial charge in [-0.15, -0.1) is 10.2 Å². The Balaban J connectivity index is 1.96. The molecule has 0 radical (unpaired) electrons. The lowest BCUT2D eigenvalue weighted by Gasteiger charge is -2.13. The highest BCUT2D eigenvalue weighted by atomic mass is 79.9. The van der Waals surface area contributed by atoms with E-state index in [1.54, 1.807) is 18.2 Å². The van der Waals surface area contributed by atoms with E-state index in [4.69, 9.17) is 4.42 Å². The summed E-state index contributed by atoms with van der Waals surface area (Å²) < 4.78 is 6.18. The number of carbonyl (C=O) groups excluding carboxylic acids is 2. The fourth-order valence-corrected chi connectivity index (χ4v) is 2.40. The van der Waals surface area contributed by atoms with Gasteiger partial charge < -0.3 is 4.42 Å². The molecule has 0 aliphatic carbocycles. The van der Waals surface area contributed by atoms with Gasteiger partial charge in [-0.3, -0.25) is 14.5 Å². The second kappa shape index (κ2) is 4.82. The minimum atomic E-state index is -0.575. The van der Waals surface area contributed by atoms with Crippen LogP contribution in [0.3, 0.4) is 0 Å². The van der Waals surface area contributed by atoms with Crippen LogP contribution in [0.5, 0.6) is 0 Å². The largest absolute Gasteiger partial charge is 0.423 e. The molecule has 0 unspecified atom stereocenters. The maximum atomic E-state index is 12.0. The summed E-state index contributed by atoms with van der Waals surface area (Å²) in [5, 5.41) is 7.72. The number of carbonyl (C=O) groups is 2. The molecule has 3 rings (SSSR count). The quantitative estimate of drug-likeness (QED) is 0.803. The molecule has 1 amide bonds. The lowest BCUT2D eigenvalue weighted by Crippen LogP contribution is -2.29. The van der Waals surface area contributed by atoms with E-state index in [0.717, 1.165) is 4.47 Å². The van der Waals surface area contributed by atoms with Gasteiger partial charge >= 0.3 is 0 Å². The number of rotatable bonds is 3. The van der Waals surface area contributed by atoms with Crippen molar-refractivity contribution in [1.82, 2.24) is 10.2 Å². The smallest absolute Gasteiger partial charge is 0.299 e. The second-order valence-electron chi connectivity index (χ2n) is 4.32. The zero-order valence-electron chi connectivity index (χ0n) is 10.6. The Kier molecular flexibility index (Phi) is 3.13. The second-order valence-corrected chi connectivity index (χ2v) is 5.24. The molecule has 0 spiro atoms. The first-order valence-corrected chi connectivity index (χ1v) is 6.86. The normalized spacial score (nSPS) is 14.0. The van der Waals surface area contributed by atoms with Crippen LogP contribution in [0, 0.1) is 0 Å². The lowest BCUT2D eigenvalue weighted by atomic mass is 10.1. The van der Waals surface area contributed by atoms with Crippen molar-refractivity contribution in [2.45, 2.75) is 19.9 Å². The highest BCUT2D eigenvalue weighted by Gasteiger charge is 2.36. The lowest BCUT2D eigenvalue weighted by molar-refractivity contribution is -0.114. The van der Waals surface area contributed by atoms with Gasteiger partial charge in [-0.05, 0) is 18.2 Å². The number of benzene rings is 1. The van der Waals surface area contributed by atoms with Crippen molar-refractivity contribution in [1.29, 1.82) is 0 Å². The van der Waals surface area contributed by atoms with Crippen LogP contribution in [0.25, 0.3) is 0 Å². The summed E-state index contributed by atoms with van der Waals surface area (Å²) in [5.41, 5.74) is 0.957. The van der Waals surface area contributed by atoms with Crippen LogP contribution in [0.4, 0.5) is 5.69 Å². The van der Waals surface area contributed by atoms with Crippen molar-refractivity contribution >= 4 is 33.3 Å². The van der Waals surface area contributed by atoms with Crippen molar-refractivity contribution in [3.8, 4) is 0 Å². The van der Waals surface area contributed by atoms with Gasteiger partial charge in [-0.25, -0.2) is 0 Å². The number of nitrogens with zero attached hydrogens (tertiary/aromatic N) is 3. The van der Waals surface area contributed by atoms with E-state index in [2.05, 4.69) is 26.1 Å². The Bertz CT molecular complexity index is 711. The molecule has 1 aliphatic heterocycles. The predicted molar refractivity (Wildman–Crippen MR) is 73.3 cm³/mol. The number of halogens is 1. The summed E-state index contributed by atoms with van der Waals surface area (Å²) in [6.07, 6.45) is 0.627. The molecule has 6 nitrogen and oxygen atoms in total. The van der Waals surface area contributed by atoms with Crippen molar-refractivity contribution in [2.75, 3.05) is 4.90 Å². The zero-order valence-corrected chi connectivity index (χ0v) is 12.2. The average molecular weight is 336 g/mol. The maximum absolute atomic E-state index is 12.0. The number of hydrogen-bond acceptors (Lipinski definition) is 5. The molecule has 20 heavy (non-hydrogen) atoms. The predicted octanol–water partition coefficient (Wildman–Crippen LogP) is 2.12. The van der Waals surface area contributed by atoms with Crippen molar-refractivity contribution in [3.63, 3.8) is 0 Å². The zero-order chi connectivity index (χ0) is 14.3. The molecule has 2 aromatic rings. The third-order valence-electron chi connectivity index (χ3n) is 3.04. The summed E-state index contributed by atoms with van der Waals surface area (Å²) in [7, 11) is 0. The van der Waals surface area contributed by atoms with Crippen molar-refractivity contribution < 1.29 is 14.0 Å². The third-order valence-corrected chi connectivity index (χ3v) is 3.53. The molecule has 1 aromatic heterocycles. The highest BCUT2D eigenvalue weighted by molar-refractivity contribution is 9.10. The van der Waals surface area contributed by atoms with Crippen LogP contribution in [0.1, 0.15) is 29.1 Å². The van der Waals surface area contributed by atoms with E-state index in [0.29, 0.717) is 29.5 Å². The van der Waals surface area contributed by atoms with Crippen molar-refractivity contribution in [2.24, 2.45) is 0 Å². The molecule has 0 bridgehead atoms. The van der Waals surface area contributed by atoms with Crippen LogP contribution >= 0.6 is 15.9 Å². The molecule has 0 N–H and O–H groups in total. The van der Waals surface area contributed by atoms with Gasteiger partial charge in [0.2, 0.25) is 11.8 Å². The van der Waals surface area contributed by atoms with Gasteiger partial charge in [0, 0.05) is 10.9 Å². The van der Waals surface area contributed by atoms with Crippen LogP contribution < -0.4 is 4.90 Å². The SMILES string of the molecule is CCc1nnc(CN2C(=O)C(=O)c3ccc(Br)cc32)o1. The average Bonchev–Trinajstić information content (AvgIpc) is 2.98. The fourth-order valence-electron chi connectivity index (χ4n) is 2.05. The molecular weight excluding hydrogens is 326 g/mol. The Labute approximate surface area is 122 Å². The first-order chi connectivity index (χ1) is 9.60. The summed E-state index contributed by atoms with van der Waals surface area (Å²) in [6.45, 7) is 2.00. The Morgan fingerprint density at radius 1 is 1.25 bits per heavy atom. The summed E-state index contributed by atoms with van der Waals surface area (Å²) in [5.74, 6) is -0.264. The molecule has 102 valence electrons. The van der Waals surface area contributed by atoms with E-state index in [1.165, 1.54) is 4.90 Å². The first-order valence-electron chi connectivity index (χ1n) is 6.07. The molecule has 7 heteroatoms. The minimum absolute atomic E-state index is 0.0982. The molecule has 0 fully saturated rings. The van der Waals surface area contributed by atoms with E-state index in [9.17, 15) is 9.59 Å². The van der Waals surface area contributed by atoms with Crippen molar-refractivity contribution in [3.05, 3.63) is 40.0 Å². The number of hydrogen-bond donors (Lipinski definition) is 0.